The zero-order valence-corrected chi connectivity index (χ0v) is 22.0. The lowest BCUT2D eigenvalue weighted by Crippen LogP contribution is -2.55. The van der Waals surface area contributed by atoms with Gasteiger partial charge in [0, 0.05) is 58.3 Å². The third kappa shape index (κ3) is 5.88. The van der Waals surface area contributed by atoms with E-state index < -0.39 is 12.1 Å². The molecule has 0 unspecified atom stereocenters. The van der Waals surface area contributed by atoms with Gasteiger partial charge in [-0.3, -0.25) is 0 Å². The van der Waals surface area contributed by atoms with Crippen molar-refractivity contribution >= 4 is 34.9 Å². The van der Waals surface area contributed by atoms with E-state index in [0.717, 1.165) is 62.5 Å². The number of carbonyl (C=O) groups excluding carboxylic acids is 1. The molecule has 11 nitrogen and oxygen atoms in total. The number of urea groups is 1. The van der Waals surface area contributed by atoms with Gasteiger partial charge in [-0.25, -0.2) is 14.6 Å². The molecule has 38 heavy (non-hydrogen) atoms. The van der Waals surface area contributed by atoms with Gasteiger partial charge >= 0.3 is 18.2 Å². The van der Waals surface area contributed by atoms with E-state index in [1.165, 1.54) is 25.7 Å². The Morgan fingerprint density at radius 1 is 1.16 bits per heavy atom. The Kier molecular flexibility index (Phi) is 7.88. The minimum absolute atomic E-state index is 0.0869. The molecule has 1 saturated carbocycles. The fourth-order valence-corrected chi connectivity index (χ4v) is 5.48. The van der Waals surface area contributed by atoms with Crippen molar-refractivity contribution in [3.05, 3.63) is 6.33 Å². The van der Waals surface area contributed by atoms with Crippen LogP contribution in [0.1, 0.15) is 45.4 Å². The molecule has 3 fully saturated rings. The molecule has 2 aromatic rings. The highest BCUT2D eigenvalue weighted by molar-refractivity contribution is 5.85. The summed E-state index contributed by atoms with van der Waals surface area (Å²) < 4.78 is 33.8. The summed E-state index contributed by atoms with van der Waals surface area (Å²) in [5.74, 6) is -1.10. The van der Waals surface area contributed by atoms with Crippen molar-refractivity contribution in [3.8, 4) is 0 Å². The van der Waals surface area contributed by atoms with Crippen molar-refractivity contribution in [1.29, 1.82) is 0 Å². The lowest BCUT2D eigenvalue weighted by atomic mass is 9.78. The van der Waals surface area contributed by atoms with Crippen molar-refractivity contribution in [3.63, 3.8) is 0 Å². The van der Waals surface area contributed by atoms with Crippen LogP contribution in [0, 0.1) is 5.41 Å². The molecule has 5 rings (SSSR count). The summed E-state index contributed by atoms with van der Waals surface area (Å²) in [6, 6.07) is 0.357. The molecule has 4 heterocycles. The van der Waals surface area contributed by atoms with E-state index in [4.69, 9.17) is 19.9 Å². The smallest absolute Gasteiger partial charge is 0.475 e. The fourth-order valence-electron chi connectivity index (χ4n) is 5.48. The highest BCUT2D eigenvalue weighted by atomic mass is 19.4. The van der Waals surface area contributed by atoms with E-state index in [2.05, 4.69) is 26.7 Å². The van der Waals surface area contributed by atoms with E-state index in [0.29, 0.717) is 11.4 Å². The highest BCUT2D eigenvalue weighted by Crippen LogP contribution is 2.47. The molecule has 3 aliphatic rings. The maximum atomic E-state index is 12.2. The Labute approximate surface area is 219 Å². The Bertz CT molecular complexity index is 1150. The SMILES string of the molecule is CCn1cnc2c(N3CC4(CCCC4)C3)nc(NC3CCN(C(=O)N(C)C)CC3)nc21.O=C(O)C(F)(F)F. The monoisotopic (exact) mass is 540 g/mol. The van der Waals surface area contributed by atoms with Gasteiger partial charge in [0.15, 0.2) is 17.0 Å². The largest absolute Gasteiger partial charge is 0.490 e. The summed E-state index contributed by atoms with van der Waals surface area (Å²) in [6.45, 7) is 6.63. The number of rotatable bonds is 4. The number of hydrogen-bond acceptors (Lipinski definition) is 7. The minimum Gasteiger partial charge on any atom is -0.475 e. The molecule has 0 bridgehead atoms. The maximum absolute atomic E-state index is 12.2. The highest BCUT2D eigenvalue weighted by Gasteiger charge is 2.46. The molecule has 1 spiro atoms. The Balaban J connectivity index is 0.000000426. The first-order valence-electron chi connectivity index (χ1n) is 12.9. The predicted octanol–water partition coefficient (Wildman–Crippen LogP) is 3.42. The summed E-state index contributed by atoms with van der Waals surface area (Å²) in [5, 5.41) is 10.7. The van der Waals surface area contributed by atoms with Crippen molar-refractivity contribution in [1.82, 2.24) is 29.3 Å². The summed E-state index contributed by atoms with van der Waals surface area (Å²) in [7, 11) is 3.61. The molecule has 14 heteroatoms. The second-order valence-corrected chi connectivity index (χ2v) is 10.5. The third-order valence-corrected chi connectivity index (χ3v) is 7.53. The van der Waals surface area contributed by atoms with Crippen LogP contribution in [0.3, 0.4) is 0 Å². The van der Waals surface area contributed by atoms with Gasteiger partial charge in [-0.2, -0.15) is 23.1 Å². The number of imidazole rings is 1. The van der Waals surface area contributed by atoms with Crippen LogP contribution in [-0.2, 0) is 11.3 Å². The van der Waals surface area contributed by atoms with Crippen LogP contribution in [0.25, 0.3) is 11.2 Å². The molecular weight excluding hydrogens is 505 g/mol. The van der Waals surface area contributed by atoms with Gasteiger partial charge < -0.3 is 29.7 Å². The Morgan fingerprint density at radius 2 is 1.76 bits per heavy atom. The molecule has 0 aromatic carbocycles. The van der Waals surface area contributed by atoms with Gasteiger partial charge in [-0.05, 0) is 32.6 Å². The molecule has 2 amide bonds. The number of hydrogen-bond donors (Lipinski definition) is 2. The lowest BCUT2D eigenvalue weighted by molar-refractivity contribution is -0.192. The number of fused-ring (bicyclic) bond motifs is 1. The zero-order valence-electron chi connectivity index (χ0n) is 22.0. The quantitative estimate of drug-likeness (QED) is 0.606. The van der Waals surface area contributed by atoms with E-state index in [9.17, 15) is 18.0 Å². The molecule has 0 radical (unpaired) electrons. The molecule has 210 valence electrons. The maximum Gasteiger partial charge on any atom is 0.490 e. The second kappa shape index (κ2) is 10.8. The Morgan fingerprint density at radius 3 is 2.29 bits per heavy atom. The van der Waals surface area contributed by atoms with Gasteiger partial charge in [-0.1, -0.05) is 12.8 Å². The number of carboxylic acid groups (broad SMARTS) is 1. The number of nitrogens with zero attached hydrogens (tertiary/aromatic N) is 7. The number of piperidine rings is 1. The van der Waals surface area contributed by atoms with Crippen LogP contribution >= 0.6 is 0 Å². The third-order valence-electron chi connectivity index (χ3n) is 7.53. The average molecular weight is 541 g/mol. The molecule has 0 atom stereocenters. The average Bonchev–Trinajstić information content (AvgIpc) is 3.50. The molecule has 2 aromatic heterocycles. The summed E-state index contributed by atoms with van der Waals surface area (Å²) in [4.78, 5) is 41.5. The normalized spacial score (nSPS) is 19.2. The van der Waals surface area contributed by atoms with Gasteiger partial charge in [-0.15, -0.1) is 0 Å². The van der Waals surface area contributed by atoms with Crippen LogP contribution in [0.5, 0.6) is 0 Å². The van der Waals surface area contributed by atoms with Crippen LogP contribution in [0.15, 0.2) is 6.33 Å². The van der Waals surface area contributed by atoms with E-state index in [-0.39, 0.29) is 12.1 Å². The number of carbonyl (C=O) groups is 2. The lowest BCUT2D eigenvalue weighted by Gasteiger charge is -2.49. The number of carboxylic acids is 1. The summed E-state index contributed by atoms with van der Waals surface area (Å²) >= 11 is 0. The fraction of sp³-hybridized carbons (Fsp3) is 0.708. The molecular formula is C24H35F3N8O3. The van der Waals surface area contributed by atoms with Crippen LogP contribution in [0.4, 0.5) is 29.7 Å². The number of nitrogens with one attached hydrogen (secondary N) is 1. The first kappa shape index (κ1) is 27.7. The molecule has 1 aliphatic carbocycles. The molecule has 2 aliphatic heterocycles. The van der Waals surface area contributed by atoms with Crippen molar-refractivity contribution in [2.75, 3.05) is 50.5 Å². The van der Waals surface area contributed by atoms with Gasteiger partial charge in [0.2, 0.25) is 5.95 Å². The van der Waals surface area contributed by atoms with Crippen LogP contribution in [0.2, 0.25) is 0 Å². The summed E-state index contributed by atoms with van der Waals surface area (Å²) in [5.41, 5.74) is 2.32. The first-order valence-corrected chi connectivity index (χ1v) is 12.9. The number of aryl methyl sites for hydroxylation is 1. The molecule has 2 N–H and O–H groups in total. The second-order valence-electron chi connectivity index (χ2n) is 10.5. The topological polar surface area (TPSA) is 120 Å². The molecule has 2 saturated heterocycles. The van der Waals surface area contributed by atoms with E-state index >= 15 is 0 Å². The minimum atomic E-state index is -5.08. The number of anilines is 2. The number of alkyl halides is 3. The number of amides is 2. The van der Waals surface area contributed by atoms with Gasteiger partial charge in [0.1, 0.15) is 0 Å². The van der Waals surface area contributed by atoms with Crippen molar-refractivity contribution < 1.29 is 27.9 Å². The van der Waals surface area contributed by atoms with Gasteiger partial charge in [0.05, 0.1) is 6.33 Å². The van der Waals surface area contributed by atoms with E-state index in [1.807, 2.05) is 11.2 Å². The standard InChI is InChI=1S/C22H34N8O.C2HF3O2/c1-4-28-15-23-17-18(28)25-20(24-16-7-11-29(12-8-16)21(31)27(2)3)26-19(17)30-13-22(14-30)9-5-6-10-22;3-2(4,5)1(6)7/h15-16H,4-14H2,1-3H3,(H,24,25,26);(H,6,7). The van der Waals surface area contributed by atoms with Crippen molar-refractivity contribution in [2.24, 2.45) is 5.41 Å². The zero-order chi connectivity index (χ0) is 27.7. The van der Waals surface area contributed by atoms with Crippen LogP contribution in [-0.4, -0.2) is 98.9 Å². The van der Waals surface area contributed by atoms with Gasteiger partial charge in [0.25, 0.3) is 0 Å². The van der Waals surface area contributed by atoms with Crippen molar-refractivity contribution in [2.45, 2.75) is 64.2 Å². The number of aromatic nitrogens is 4. The summed E-state index contributed by atoms with van der Waals surface area (Å²) in [6.07, 6.45) is 4.00. The number of aliphatic carboxylic acids is 1. The predicted molar refractivity (Wildman–Crippen MR) is 135 cm³/mol. The number of halogens is 3. The first-order chi connectivity index (χ1) is 17.9. The Hall–Kier alpha value is -3.32. The number of likely N-dealkylation sites (tertiary alicyclic amines) is 1. The van der Waals surface area contributed by atoms with Crippen LogP contribution < -0.4 is 10.2 Å². The van der Waals surface area contributed by atoms with E-state index in [1.54, 1.807) is 19.0 Å².